The predicted octanol–water partition coefficient (Wildman–Crippen LogP) is 9.35. The standard InChI is InChI=1S/C34H24N2/c1-2-10-24(11-3-1)26-14-8-15-28(22-26)36-33-19-7-6-17-30(33)31-23-27(20-21-34(31)36)35-32-18-9-13-25-12-4-5-16-29(25)32/h1-23,35H. The molecule has 0 bridgehead atoms. The number of para-hydroxylation sites is 1. The van der Waals surface area contributed by atoms with Gasteiger partial charge in [-0.2, -0.15) is 0 Å². The third-order valence-corrected chi connectivity index (χ3v) is 6.95. The first-order chi connectivity index (χ1) is 17.8. The number of hydrogen-bond donors (Lipinski definition) is 1. The van der Waals surface area contributed by atoms with Crippen LogP contribution in [0.3, 0.4) is 0 Å². The van der Waals surface area contributed by atoms with E-state index in [4.69, 9.17) is 0 Å². The lowest BCUT2D eigenvalue weighted by atomic mass is 10.1. The van der Waals surface area contributed by atoms with Gasteiger partial charge in [0, 0.05) is 33.2 Å². The van der Waals surface area contributed by atoms with E-state index in [1.54, 1.807) is 0 Å². The molecule has 1 aromatic heterocycles. The minimum absolute atomic E-state index is 1.08. The summed E-state index contributed by atoms with van der Waals surface area (Å²) < 4.78 is 2.37. The van der Waals surface area contributed by atoms with E-state index in [1.165, 1.54) is 43.7 Å². The first-order valence-corrected chi connectivity index (χ1v) is 12.3. The molecule has 0 spiro atoms. The maximum Gasteiger partial charge on any atom is 0.0542 e. The Morgan fingerprint density at radius 3 is 2.06 bits per heavy atom. The van der Waals surface area contributed by atoms with Crippen molar-refractivity contribution in [2.24, 2.45) is 0 Å². The molecule has 1 heterocycles. The highest BCUT2D eigenvalue weighted by atomic mass is 15.0. The summed E-state index contributed by atoms with van der Waals surface area (Å²) in [6.07, 6.45) is 0. The lowest BCUT2D eigenvalue weighted by molar-refractivity contribution is 1.18. The van der Waals surface area contributed by atoms with Gasteiger partial charge in [0.1, 0.15) is 0 Å². The number of nitrogens with one attached hydrogen (secondary N) is 1. The van der Waals surface area contributed by atoms with E-state index >= 15 is 0 Å². The fourth-order valence-corrected chi connectivity index (χ4v) is 5.27. The highest BCUT2D eigenvalue weighted by molar-refractivity contribution is 6.10. The predicted molar refractivity (Wildman–Crippen MR) is 153 cm³/mol. The van der Waals surface area contributed by atoms with Crippen LogP contribution in [-0.4, -0.2) is 4.57 Å². The number of benzene rings is 6. The Morgan fingerprint density at radius 1 is 0.444 bits per heavy atom. The van der Waals surface area contributed by atoms with Gasteiger partial charge in [0.2, 0.25) is 0 Å². The first kappa shape index (κ1) is 20.5. The minimum atomic E-state index is 1.08. The number of anilines is 2. The normalized spacial score (nSPS) is 11.3. The molecule has 170 valence electrons. The second-order valence-electron chi connectivity index (χ2n) is 9.15. The van der Waals surface area contributed by atoms with Gasteiger partial charge in [-0.3, -0.25) is 0 Å². The smallest absolute Gasteiger partial charge is 0.0542 e. The zero-order valence-electron chi connectivity index (χ0n) is 19.7. The van der Waals surface area contributed by atoms with E-state index in [1.807, 2.05) is 0 Å². The molecule has 6 aromatic carbocycles. The SMILES string of the molecule is c1ccc(-c2cccc(-n3c4ccccc4c4cc(Nc5cccc6ccccc56)ccc43)c2)cc1. The zero-order chi connectivity index (χ0) is 23.9. The van der Waals surface area contributed by atoms with Crippen molar-refractivity contribution < 1.29 is 0 Å². The first-order valence-electron chi connectivity index (χ1n) is 12.3. The summed E-state index contributed by atoms with van der Waals surface area (Å²) in [7, 11) is 0. The zero-order valence-corrected chi connectivity index (χ0v) is 19.7. The Kier molecular flexibility index (Phi) is 4.82. The van der Waals surface area contributed by atoms with Gasteiger partial charge in [0.15, 0.2) is 0 Å². The number of aromatic nitrogens is 1. The summed E-state index contributed by atoms with van der Waals surface area (Å²) >= 11 is 0. The molecule has 0 saturated heterocycles. The molecule has 7 rings (SSSR count). The summed E-state index contributed by atoms with van der Waals surface area (Å²) in [4.78, 5) is 0. The number of nitrogens with zero attached hydrogens (tertiary/aromatic N) is 1. The van der Waals surface area contributed by atoms with Crippen LogP contribution in [0.5, 0.6) is 0 Å². The van der Waals surface area contributed by atoms with Gasteiger partial charge < -0.3 is 9.88 Å². The molecule has 0 aliphatic rings. The molecule has 0 aliphatic heterocycles. The van der Waals surface area contributed by atoms with Gasteiger partial charge in [-0.1, -0.05) is 97.1 Å². The number of fused-ring (bicyclic) bond motifs is 4. The van der Waals surface area contributed by atoms with E-state index in [-0.39, 0.29) is 0 Å². The number of hydrogen-bond acceptors (Lipinski definition) is 1. The van der Waals surface area contributed by atoms with Crippen molar-refractivity contribution in [1.82, 2.24) is 4.57 Å². The van der Waals surface area contributed by atoms with Gasteiger partial charge in [0.25, 0.3) is 0 Å². The van der Waals surface area contributed by atoms with Gasteiger partial charge in [-0.05, 0) is 59.0 Å². The monoisotopic (exact) mass is 460 g/mol. The Balaban J connectivity index is 1.38. The molecular weight excluding hydrogens is 436 g/mol. The molecule has 36 heavy (non-hydrogen) atoms. The molecule has 0 unspecified atom stereocenters. The van der Waals surface area contributed by atoms with Gasteiger partial charge >= 0.3 is 0 Å². The fraction of sp³-hybridized carbons (Fsp3) is 0. The average Bonchev–Trinajstić information content (AvgIpc) is 3.28. The molecule has 0 radical (unpaired) electrons. The van der Waals surface area contributed by atoms with Gasteiger partial charge in [-0.15, -0.1) is 0 Å². The van der Waals surface area contributed by atoms with Crippen molar-refractivity contribution in [2.75, 3.05) is 5.32 Å². The van der Waals surface area contributed by atoms with Crippen LogP contribution in [0, 0.1) is 0 Å². The van der Waals surface area contributed by atoms with Crippen LogP contribution >= 0.6 is 0 Å². The van der Waals surface area contributed by atoms with Crippen molar-refractivity contribution in [2.45, 2.75) is 0 Å². The third-order valence-electron chi connectivity index (χ3n) is 6.95. The highest BCUT2D eigenvalue weighted by Crippen LogP contribution is 2.36. The van der Waals surface area contributed by atoms with Crippen molar-refractivity contribution in [3.63, 3.8) is 0 Å². The highest BCUT2D eigenvalue weighted by Gasteiger charge is 2.13. The van der Waals surface area contributed by atoms with E-state index < -0.39 is 0 Å². The summed E-state index contributed by atoms with van der Waals surface area (Å²) in [6, 6.07) is 49.6. The largest absolute Gasteiger partial charge is 0.355 e. The molecule has 0 atom stereocenters. The summed E-state index contributed by atoms with van der Waals surface area (Å²) in [6.45, 7) is 0. The third kappa shape index (κ3) is 3.43. The van der Waals surface area contributed by atoms with Gasteiger partial charge in [-0.25, -0.2) is 0 Å². The summed E-state index contributed by atoms with van der Waals surface area (Å²) in [5, 5.41) is 8.62. The molecule has 2 heteroatoms. The topological polar surface area (TPSA) is 17.0 Å². The van der Waals surface area contributed by atoms with Crippen LogP contribution in [0.25, 0.3) is 49.4 Å². The molecule has 0 amide bonds. The Bertz CT molecular complexity index is 1860. The number of rotatable bonds is 4. The molecule has 1 N–H and O–H groups in total. The lowest BCUT2D eigenvalue weighted by Crippen LogP contribution is -1.95. The summed E-state index contributed by atoms with van der Waals surface area (Å²) in [5.41, 5.74) is 8.21. The molecule has 0 fully saturated rings. The van der Waals surface area contributed by atoms with Crippen LogP contribution in [0.4, 0.5) is 11.4 Å². The Morgan fingerprint density at radius 2 is 1.14 bits per heavy atom. The lowest BCUT2D eigenvalue weighted by Gasteiger charge is -2.12. The molecule has 7 aromatic rings. The van der Waals surface area contributed by atoms with E-state index in [9.17, 15) is 0 Å². The molecule has 0 aliphatic carbocycles. The van der Waals surface area contributed by atoms with Crippen molar-refractivity contribution in [3.8, 4) is 16.8 Å². The molecular formula is C34H24N2. The Labute approximate surface area is 210 Å². The maximum absolute atomic E-state index is 3.67. The van der Waals surface area contributed by atoms with E-state index in [0.29, 0.717) is 0 Å². The molecule has 2 nitrogen and oxygen atoms in total. The minimum Gasteiger partial charge on any atom is -0.355 e. The van der Waals surface area contributed by atoms with E-state index in [0.717, 1.165) is 17.1 Å². The van der Waals surface area contributed by atoms with Crippen molar-refractivity contribution >= 4 is 44.0 Å². The quantitative estimate of drug-likeness (QED) is 0.277. The molecule has 0 saturated carbocycles. The van der Waals surface area contributed by atoms with Crippen LogP contribution in [-0.2, 0) is 0 Å². The average molecular weight is 461 g/mol. The van der Waals surface area contributed by atoms with Crippen LogP contribution < -0.4 is 5.32 Å². The maximum atomic E-state index is 3.67. The van der Waals surface area contributed by atoms with Crippen molar-refractivity contribution in [3.05, 3.63) is 140 Å². The second kappa shape index (κ2) is 8.44. The van der Waals surface area contributed by atoms with Crippen LogP contribution in [0.2, 0.25) is 0 Å². The van der Waals surface area contributed by atoms with Gasteiger partial charge in [0.05, 0.1) is 11.0 Å². The summed E-state index contributed by atoms with van der Waals surface area (Å²) in [5.74, 6) is 0. The van der Waals surface area contributed by atoms with Crippen molar-refractivity contribution in [1.29, 1.82) is 0 Å². The van der Waals surface area contributed by atoms with Crippen LogP contribution in [0.15, 0.2) is 140 Å². The second-order valence-corrected chi connectivity index (χ2v) is 9.15. The van der Waals surface area contributed by atoms with E-state index in [2.05, 4.69) is 149 Å². The fourth-order valence-electron chi connectivity index (χ4n) is 5.27. The van der Waals surface area contributed by atoms with Crippen LogP contribution in [0.1, 0.15) is 0 Å². The Hall–Kier alpha value is -4.82.